The van der Waals surface area contributed by atoms with Crippen LogP contribution in [0.2, 0.25) is 0 Å². The van der Waals surface area contributed by atoms with E-state index >= 15 is 0 Å². The predicted molar refractivity (Wildman–Crippen MR) is 67.1 cm³/mol. The molecule has 92 valence electrons. The molecule has 0 atom stereocenters. The van der Waals surface area contributed by atoms with Crippen LogP contribution < -0.4 is 15.4 Å². The van der Waals surface area contributed by atoms with Gasteiger partial charge in [-0.3, -0.25) is 4.99 Å². The Hall–Kier alpha value is -1.78. The summed E-state index contributed by atoms with van der Waals surface area (Å²) in [7, 11) is 3.39. The molecule has 1 aromatic heterocycles. The van der Waals surface area contributed by atoms with Crippen LogP contribution in [0.25, 0.3) is 0 Å². The summed E-state index contributed by atoms with van der Waals surface area (Å²) in [5, 5.41) is 6.58. The molecule has 0 aromatic carbocycles. The van der Waals surface area contributed by atoms with Crippen molar-refractivity contribution in [3.63, 3.8) is 0 Å². The second kappa shape index (κ2) is 5.52. The van der Waals surface area contributed by atoms with E-state index in [1.807, 2.05) is 12.1 Å². The van der Waals surface area contributed by atoms with Crippen LogP contribution in [-0.2, 0) is 6.54 Å². The van der Waals surface area contributed by atoms with Gasteiger partial charge >= 0.3 is 0 Å². The maximum absolute atomic E-state index is 5.01. The van der Waals surface area contributed by atoms with Gasteiger partial charge in [0.25, 0.3) is 0 Å². The average Bonchev–Trinajstić information content (AvgIpc) is 3.19. The van der Waals surface area contributed by atoms with Gasteiger partial charge in [-0.05, 0) is 18.4 Å². The Morgan fingerprint density at radius 1 is 1.53 bits per heavy atom. The second-order valence-electron chi connectivity index (χ2n) is 4.05. The smallest absolute Gasteiger partial charge is 0.212 e. The van der Waals surface area contributed by atoms with Crippen LogP contribution in [0.3, 0.4) is 0 Å². The first-order valence-electron chi connectivity index (χ1n) is 5.78. The van der Waals surface area contributed by atoms with Crippen LogP contribution in [0.1, 0.15) is 18.4 Å². The van der Waals surface area contributed by atoms with Gasteiger partial charge in [-0.25, -0.2) is 4.98 Å². The zero-order chi connectivity index (χ0) is 12.1. The third-order valence-electron chi connectivity index (χ3n) is 2.61. The van der Waals surface area contributed by atoms with Gasteiger partial charge < -0.3 is 15.4 Å². The Morgan fingerprint density at radius 3 is 2.88 bits per heavy atom. The van der Waals surface area contributed by atoms with Crippen molar-refractivity contribution in [1.29, 1.82) is 0 Å². The highest BCUT2D eigenvalue weighted by atomic mass is 16.5. The van der Waals surface area contributed by atoms with E-state index in [1.54, 1.807) is 20.4 Å². The number of hydrogen-bond donors (Lipinski definition) is 2. The van der Waals surface area contributed by atoms with Crippen molar-refractivity contribution in [2.75, 3.05) is 14.2 Å². The van der Waals surface area contributed by atoms with Gasteiger partial charge in [-0.1, -0.05) is 6.07 Å². The molecule has 1 fully saturated rings. The molecule has 0 aliphatic heterocycles. The molecule has 2 N–H and O–H groups in total. The van der Waals surface area contributed by atoms with Crippen LogP contribution in [0, 0.1) is 0 Å². The normalized spacial score (nSPS) is 15.5. The lowest BCUT2D eigenvalue weighted by Crippen LogP contribution is -2.38. The number of hydrogen-bond acceptors (Lipinski definition) is 3. The third kappa shape index (κ3) is 3.62. The summed E-state index contributed by atoms with van der Waals surface area (Å²) in [6.07, 6.45) is 4.28. The predicted octanol–water partition coefficient (Wildman–Crippen LogP) is 0.918. The Balaban J connectivity index is 1.82. The fraction of sp³-hybridized carbons (Fsp3) is 0.500. The first-order valence-corrected chi connectivity index (χ1v) is 5.78. The lowest BCUT2D eigenvalue weighted by atomic mass is 10.3. The summed E-state index contributed by atoms with van der Waals surface area (Å²) in [5.74, 6) is 1.48. The van der Waals surface area contributed by atoms with Crippen molar-refractivity contribution < 1.29 is 4.74 Å². The molecule has 5 heteroatoms. The van der Waals surface area contributed by atoms with Gasteiger partial charge in [0, 0.05) is 31.9 Å². The number of pyridine rings is 1. The van der Waals surface area contributed by atoms with E-state index in [2.05, 4.69) is 20.6 Å². The largest absolute Gasteiger partial charge is 0.481 e. The molecular weight excluding hydrogens is 216 g/mol. The number of rotatable bonds is 4. The van der Waals surface area contributed by atoms with Crippen LogP contribution >= 0.6 is 0 Å². The molecule has 0 bridgehead atoms. The minimum atomic E-state index is 0.607. The number of nitrogens with one attached hydrogen (secondary N) is 2. The molecule has 0 spiro atoms. The molecule has 17 heavy (non-hydrogen) atoms. The van der Waals surface area contributed by atoms with E-state index < -0.39 is 0 Å². The number of guanidine groups is 1. The van der Waals surface area contributed by atoms with Crippen LogP contribution in [0.4, 0.5) is 0 Å². The zero-order valence-electron chi connectivity index (χ0n) is 10.2. The fourth-order valence-corrected chi connectivity index (χ4v) is 1.44. The molecule has 0 unspecified atom stereocenters. The number of ether oxygens (including phenoxy) is 1. The van der Waals surface area contributed by atoms with E-state index in [0.29, 0.717) is 18.5 Å². The van der Waals surface area contributed by atoms with Crippen LogP contribution in [-0.4, -0.2) is 31.1 Å². The first kappa shape index (κ1) is 11.7. The fourth-order valence-electron chi connectivity index (χ4n) is 1.44. The highest BCUT2D eigenvalue weighted by Gasteiger charge is 2.21. The second-order valence-corrected chi connectivity index (χ2v) is 4.05. The standard InChI is InChI=1S/C12H18N4O/c1-13-12(16-10-4-5-10)15-8-9-3-6-11(17-2)14-7-9/h3,6-7,10H,4-5,8H2,1-2H3,(H2,13,15,16). The number of aromatic nitrogens is 1. The van der Waals surface area contributed by atoms with Gasteiger partial charge in [0.1, 0.15) is 0 Å². The minimum absolute atomic E-state index is 0.607. The maximum Gasteiger partial charge on any atom is 0.212 e. The van der Waals surface area contributed by atoms with Crippen LogP contribution in [0.5, 0.6) is 5.88 Å². The Bertz CT molecular complexity index is 384. The molecule has 1 saturated carbocycles. The monoisotopic (exact) mass is 234 g/mol. The summed E-state index contributed by atoms with van der Waals surface area (Å²) in [5.41, 5.74) is 1.10. The van der Waals surface area contributed by atoms with E-state index in [-0.39, 0.29) is 0 Å². The quantitative estimate of drug-likeness (QED) is 0.601. The Labute approximate surface area is 101 Å². The third-order valence-corrected chi connectivity index (χ3v) is 2.61. The summed E-state index contributed by atoms with van der Waals surface area (Å²) < 4.78 is 5.01. The first-order chi connectivity index (χ1) is 8.31. The van der Waals surface area contributed by atoms with Gasteiger partial charge in [-0.2, -0.15) is 0 Å². The molecule has 1 aliphatic rings. The number of nitrogens with zero attached hydrogens (tertiary/aromatic N) is 2. The van der Waals surface area contributed by atoms with Crippen molar-refractivity contribution in [1.82, 2.24) is 15.6 Å². The summed E-state index contributed by atoms with van der Waals surface area (Å²) in [4.78, 5) is 8.32. The molecular formula is C12H18N4O. The lowest BCUT2D eigenvalue weighted by molar-refractivity contribution is 0.397. The molecule has 0 saturated heterocycles. The molecule has 2 rings (SSSR count). The van der Waals surface area contributed by atoms with Crippen LogP contribution in [0.15, 0.2) is 23.3 Å². The van der Waals surface area contributed by atoms with Crippen molar-refractivity contribution >= 4 is 5.96 Å². The highest BCUT2D eigenvalue weighted by molar-refractivity contribution is 5.80. The summed E-state index contributed by atoms with van der Waals surface area (Å²) in [6, 6.07) is 4.45. The van der Waals surface area contributed by atoms with Gasteiger partial charge in [-0.15, -0.1) is 0 Å². The zero-order valence-corrected chi connectivity index (χ0v) is 10.2. The van der Waals surface area contributed by atoms with E-state index in [1.165, 1.54) is 12.8 Å². The SMILES string of the molecule is CN=C(NCc1ccc(OC)nc1)NC1CC1. The van der Waals surface area contributed by atoms with E-state index in [4.69, 9.17) is 4.74 Å². The van der Waals surface area contributed by atoms with E-state index in [0.717, 1.165) is 11.5 Å². The molecule has 0 radical (unpaired) electrons. The maximum atomic E-state index is 5.01. The summed E-state index contributed by atoms with van der Waals surface area (Å²) in [6.45, 7) is 0.712. The highest BCUT2D eigenvalue weighted by Crippen LogP contribution is 2.18. The molecule has 5 nitrogen and oxygen atoms in total. The van der Waals surface area contributed by atoms with Gasteiger partial charge in [0.05, 0.1) is 7.11 Å². The molecule has 1 aromatic rings. The molecule has 1 aliphatic carbocycles. The molecule has 0 amide bonds. The van der Waals surface area contributed by atoms with Crippen molar-refractivity contribution in [2.24, 2.45) is 4.99 Å². The number of methoxy groups -OCH3 is 1. The van der Waals surface area contributed by atoms with Crippen molar-refractivity contribution in [2.45, 2.75) is 25.4 Å². The topological polar surface area (TPSA) is 58.5 Å². The Morgan fingerprint density at radius 2 is 2.35 bits per heavy atom. The van der Waals surface area contributed by atoms with Crippen molar-refractivity contribution in [3.8, 4) is 5.88 Å². The van der Waals surface area contributed by atoms with Crippen molar-refractivity contribution in [3.05, 3.63) is 23.9 Å². The Kier molecular flexibility index (Phi) is 3.80. The lowest BCUT2D eigenvalue weighted by Gasteiger charge is -2.10. The van der Waals surface area contributed by atoms with Gasteiger partial charge in [0.15, 0.2) is 5.96 Å². The average molecular weight is 234 g/mol. The van der Waals surface area contributed by atoms with E-state index in [9.17, 15) is 0 Å². The minimum Gasteiger partial charge on any atom is -0.481 e. The summed E-state index contributed by atoms with van der Waals surface area (Å²) >= 11 is 0. The van der Waals surface area contributed by atoms with Gasteiger partial charge in [0.2, 0.25) is 5.88 Å². The molecule has 1 heterocycles. The number of aliphatic imine (C=N–C) groups is 1.